The highest BCUT2D eigenvalue weighted by Crippen LogP contribution is 2.40. The second kappa shape index (κ2) is 26.3. The molecule has 0 spiro atoms. The summed E-state index contributed by atoms with van der Waals surface area (Å²) in [4.78, 5) is 4.66. The van der Waals surface area contributed by atoms with Gasteiger partial charge in [-0.25, -0.2) is 0 Å². The monoisotopic (exact) mass is 1090 g/mol. The van der Waals surface area contributed by atoms with Crippen LogP contribution < -0.4 is 20.9 Å². The molecule has 0 unspecified atom stereocenters. The number of hydrogen-bond donors (Lipinski definition) is 6. The first-order valence-corrected chi connectivity index (χ1v) is 26.0. The Balaban J connectivity index is 0.000000167. The molecule has 1 fully saturated rings. The Kier molecular flexibility index (Phi) is 20.7. The molecule has 0 saturated carbocycles. The number of anilines is 4. The number of nitrogens with one attached hydrogen (secondary N) is 3. The van der Waals surface area contributed by atoms with E-state index in [0.717, 1.165) is 53.1 Å². The van der Waals surface area contributed by atoms with Gasteiger partial charge in [0.05, 0.1) is 49.6 Å². The van der Waals surface area contributed by atoms with E-state index in [2.05, 4.69) is 58.1 Å². The number of rotatable bonds is 14. The van der Waals surface area contributed by atoms with E-state index in [1.54, 1.807) is 53.1 Å². The van der Waals surface area contributed by atoms with Crippen molar-refractivity contribution in [1.82, 2.24) is 0 Å². The molecule has 8 rings (SSSR count). The van der Waals surface area contributed by atoms with Crippen molar-refractivity contribution in [1.29, 1.82) is 0 Å². The van der Waals surface area contributed by atoms with Gasteiger partial charge in [0.15, 0.2) is 17.2 Å². The van der Waals surface area contributed by atoms with Crippen molar-refractivity contribution < 1.29 is 20.1 Å². The van der Waals surface area contributed by atoms with Gasteiger partial charge in [0.1, 0.15) is 0 Å². The molecule has 1 aliphatic heterocycles. The number of thiophene rings is 1. The zero-order valence-corrected chi connectivity index (χ0v) is 43.5. The second-order valence-electron chi connectivity index (χ2n) is 14.5. The zero-order valence-electron chi connectivity index (χ0n) is 35.8. The van der Waals surface area contributed by atoms with Crippen molar-refractivity contribution in [2.45, 2.75) is 40.6 Å². The molecule has 18 heteroatoms. The number of morpholine rings is 1. The highest BCUT2D eigenvalue weighted by molar-refractivity contribution is 8.01. The van der Waals surface area contributed by atoms with Crippen LogP contribution >= 0.6 is 116 Å². The van der Waals surface area contributed by atoms with Gasteiger partial charge in [-0.1, -0.05) is 136 Å². The van der Waals surface area contributed by atoms with Crippen LogP contribution in [0.5, 0.6) is 17.2 Å². The van der Waals surface area contributed by atoms with Crippen LogP contribution in [-0.2, 0) is 24.4 Å². The van der Waals surface area contributed by atoms with Gasteiger partial charge in [0.25, 0.3) is 0 Å². The molecule has 7 aromatic rings. The molecule has 67 heavy (non-hydrogen) atoms. The minimum absolute atomic E-state index is 0.00296. The Morgan fingerprint density at radius 2 is 1.04 bits per heavy atom. The summed E-state index contributed by atoms with van der Waals surface area (Å²) in [6.45, 7) is 7.10. The summed E-state index contributed by atoms with van der Waals surface area (Å²) in [5, 5.41) is 44.5. The van der Waals surface area contributed by atoms with Gasteiger partial charge in [0.2, 0.25) is 0 Å². The molecule has 6 N–H and O–H groups in total. The first-order chi connectivity index (χ1) is 32.3. The van der Waals surface area contributed by atoms with Gasteiger partial charge >= 0.3 is 0 Å². The lowest BCUT2D eigenvalue weighted by molar-refractivity contribution is 0.122. The Morgan fingerprint density at radius 1 is 0.567 bits per heavy atom. The number of hydrogen-bond acceptors (Lipinski definition) is 11. The number of benzene rings is 6. The van der Waals surface area contributed by atoms with E-state index in [9.17, 15) is 15.3 Å². The molecular formula is C49H45Cl7N4O4S3. The molecular weight excluding hydrogens is 1050 g/mol. The number of phenols is 3. The van der Waals surface area contributed by atoms with E-state index in [1.165, 1.54) is 38.6 Å². The van der Waals surface area contributed by atoms with E-state index < -0.39 is 0 Å². The largest absolute Gasteiger partial charge is 0.504 e. The van der Waals surface area contributed by atoms with Crippen molar-refractivity contribution in [2.24, 2.45) is 0 Å². The summed E-state index contributed by atoms with van der Waals surface area (Å²) < 4.78 is 6.59. The Bertz CT molecular complexity index is 2730. The Morgan fingerprint density at radius 3 is 1.58 bits per heavy atom. The first-order valence-electron chi connectivity index (χ1n) is 20.7. The van der Waals surface area contributed by atoms with Crippen molar-refractivity contribution in [2.75, 3.05) is 52.9 Å². The smallest absolute Gasteiger partial charge is 0.157 e. The minimum atomic E-state index is 0.00296. The van der Waals surface area contributed by atoms with Gasteiger partial charge < -0.3 is 40.9 Å². The lowest BCUT2D eigenvalue weighted by Crippen LogP contribution is -2.36. The maximum absolute atomic E-state index is 10.0. The third-order valence-corrected chi connectivity index (χ3v) is 14.9. The van der Waals surface area contributed by atoms with Crippen LogP contribution in [0.25, 0.3) is 0 Å². The van der Waals surface area contributed by atoms with E-state index in [-0.39, 0.29) is 32.3 Å². The summed E-state index contributed by atoms with van der Waals surface area (Å²) in [6, 6.07) is 35.7. The first kappa shape index (κ1) is 52.7. The quantitative estimate of drug-likeness (QED) is 0.0466. The van der Waals surface area contributed by atoms with Gasteiger partial charge in [-0.15, -0.1) is 23.1 Å². The van der Waals surface area contributed by atoms with Gasteiger partial charge in [-0.2, -0.15) is 0 Å². The maximum Gasteiger partial charge on any atom is 0.157 e. The molecule has 0 radical (unpaired) electrons. The SMILES string of the molecule is CCSc1ccccc1CNc1cc(Cl)cc(Cl)c1O.Oc1c(Cl)cc(Cl)cc1NCc1ccccc1N1CCOCC1.Oc1c(Cl)cc(Cl)cc1NCc1ccsc1Sc1ccc(Cl)cc1. The summed E-state index contributed by atoms with van der Waals surface area (Å²) in [7, 11) is 0. The normalized spacial score (nSPS) is 12.1. The summed E-state index contributed by atoms with van der Waals surface area (Å²) >= 11 is 46.8. The van der Waals surface area contributed by atoms with Crippen molar-refractivity contribution >= 4 is 139 Å². The molecule has 6 aromatic carbocycles. The zero-order chi connectivity index (χ0) is 47.9. The molecule has 0 amide bonds. The van der Waals surface area contributed by atoms with Crippen LogP contribution in [0.3, 0.4) is 0 Å². The molecule has 0 bridgehead atoms. The fourth-order valence-corrected chi connectivity index (χ4v) is 11.0. The van der Waals surface area contributed by atoms with Crippen molar-refractivity contribution in [3.8, 4) is 17.2 Å². The van der Waals surface area contributed by atoms with Crippen LogP contribution in [0.4, 0.5) is 22.7 Å². The molecule has 1 aromatic heterocycles. The average Bonchev–Trinajstić information content (AvgIpc) is 3.77. The fraction of sp³-hybridized carbons (Fsp3) is 0.184. The number of aromatic hydroxyl groups is 3. The molecule has 352 valence electrons. The molecule has 1 saturated heterocycles. The van der Waals surface area contributed by atoms with E-state index in [1.807, 2.05) is 53.9 Å². The number of nitrogens with zero attached hydrogens (tertiary/aromatic N) is 1. The van der Waals surface area contributed by atoms with E-state index in [4.69, 9.17) is 85.9 Å². The minimum Gasteiger partial charge on any atom is -0.504 e. The maximum atomic E-state index is 10.0. The van der Waals surface area contributed by atoms with Gasteiger partial charge in [0, 0.05) is 68.3 Å². The molecule has 1 aliphatic rings. The predicted octanol–water partition coefficient (Wildman–Crippen LogP) is 16.7. The van der Waals surface area contributed by atoms with Gasteiger partial charge in [-0.3, -0.25) is 0 Å². The van der Waals surface area contributed by atoms with Crippen LogP contribution in [0.15, 0.2) is 135 Å². The standard InChI is InChI=1S/C17H12Cl3NOS2.C17H18Cl2N2O2.C15H15Cl2NOS/c18-11-1-3-13(4-2-11)24-17-10(5-6-23-17)9-21-15-8-12(19)7-14(20)16(15)22;18-13-9-14(19)17(22)15(10-13)20-11-12-3-1-2-4-16(12)21-5-7-23-8-6-21;1-2-20-14-6-4-3-5-10(14)9-18-13-8-11(16)7-12(17)15(13)19/h1-8,21-22H,9H2;1-4,9-10,20,22H,5-8,11H2;3-8,18-19H,2,9H2,1H3. The Hall–Kier alpha value is -3.69. The molecule has 8 nitrogen and oxygen atoms in total. The summed E-state index contributed by atoms with van der Waals surface area (Å²) in [5.41, 5.74) is 6.21. The Labute approximate surface area is 438 Å². The van der Waals surface area contributed by atoms with E-state index in [0.29, 0.717) is 51.8 Å². The molecule has 0 atom stereocenters. The molecule has 0 aliphatic carbocycles. The van der Waals surface area contributed by atoms with Crippen LogP contribution in [0.2, 0.25) is 35.2 Å². The van der Waals surface area contributed by atoms with Crippen LogP contribution in [0.1, 0.15) is 23.6 Å². The fourth-order valence-electron chi connectivity index (χ4n) is 6.54. The lowest BCUT2D eigenvalue weighted by Gasteiger charge is -2.30. The van der Waals surface area contributed by atoms with Crippen LogP contribution in [-0.4, -0.2) is 47.4 Å². The van der Waals surface area contributed by atoms with Crippen molar-refractivity contribution in [3.63, 3.8) is 0 Å². The third-order valence-electron chi connectivity index (χ3n) is 9.84. The average molecular weight is 1100 g/mol. The molecule has 2 heterocycles. The number of thioether (sulfide) groups is 1. The second-order valence-corrected chi connectivity index (χ2v) is 21.0. The van der Waals surface area contributed by atoms with Crippen molar-refractivity contribution in [3.05, 3.63) is 172 Å². The summed E-state index contributed by atoms with van der Waals surface area (Å²) in [5.74, 6) is 1.06. The van der Waals surface area contributed by atoms with Gasteiger partial charge in [-0.05, 0) is 107 Å². The van der Waals surface area contributed by atoms with E-state index >= 15 is 0 Å². The topological polar surface area (TPSA) is 109 Å². The third kappa shape index (κ3) is 15.7. The number of para-hydroxylation sites is 1. The number of phenolic OH excluding ortho intramolecular Hbond substituents is 3. The number of ether oxygens (including phenoxy) is 1. The lowest BCUT2D eigenvalue weighted by atomic mass is 10.1. The predicted molar refractivity (Wildman–Crippen MR) is 289 cm³/mol. The highest BCUT2D eigenvalue weighted by Gasteiger charge is 2.16. The summed E-state index contributed by atoms with van der Waals surface area (Å²) in [6.07, 6.45) is 0. The number of halogens is 7. The van der Waals surface area contributed by atoms with Crippen LogP contribution in [0, 0.1) is 0 Å². The highest BCUT2D eigenvalue weighted by atomic mass is 35.5.